The number of anilines is 1. The maximum absolute atomic E-state index is 12.6. The van der Waals surface area contributed by atoms with E-state index in [1.807, 2.05) is 25.1 Å². The van der Waals surface area contributed by atoms with Gasteiger partial charge in [0.15, 0.2) is 0 Å². The first-order chi connectivity index (χ1) is 13.7. The van der Waals surface area contributed by atoms with Gasteiger partial charge in [-0.15, -0.1) is 22.7 Å². The lowest BCUT2D eigenvalue weighted by Gasteiger charge is -2.11. The molecular weight excluding hydrogens is 408 g/mol. The number of aromatic nitrogens is 2. The number of thioether (sulfide) groups is 1. The second-order valence-electron chi connectivity index (χ2n) is 5.90. The number of fused-ring (bicyclic) bond motifs is 1. The molecule has 0 unspecified atom stereocenters. The molecule has 0 fully saturated rings. The lowest BCUT2D eigenvalue weighted by Crippen LogP contribution is -2.22. The SMILES string of the molecule is C[C@H](Sc1ncnc2sc(-c3ccccc3)cc12)C(=O)Nc1sccc1C#N. The second-order valence-corrected chi connectivity index (χ2v) is 9.18. The van der Waals surface area contributed by atoms with Crippen LogP contribution >= 0.6 is 34.4 Å². The van der Waals surface area contributed by atoms with E-state index in [4.69, 9.17) is 5.26 Å². The normalized spacial score (nSPS) is 11.9. The topological polar surface area (TPSA) is 78.7 Å². The van der Waals surface area contributed by atoms with Crippen molar-refractivity contribution < 1.29 is 4.79 Å². The number of benzene rings is 1. The molecular formula is C20H14N4OS3. The molecule has 28 heavy (non-hydrogen) atoms. The molecule has 0 aliphatic heterocycles. The second kappa shape index (κ2) is 8.10. The summed E-state index contributed by atoms with van der Waals surface area (Å²) in [5.41, 5.74) is 1.61. The van der Waals surface area contributed by atoms with E-state index in [0.717, 1.165) is 25.7 Å². The van der Waals surface area contributed by atoms with Crippen molar-refractivity contribution in [2.45, 2.75) is 17.2 Å². The Balaban J connectivity index is 1.56. The van der Waals surface area contributed by atoms with Gasteiger partial charge >= 0.3 is 0 Å². The van der Waals surface area contributed by atoms with Crippen LogP contribution in [0.5, 0.6) is 0 Å². The maximum atomic E-state index is 12.6. The summed E-state index contributed by atoms with van der Waals surface area (Å²) in [6, 6.07) is 16.0. The first kappa shape index (κ1) is 18.6. The highest BCUT2D eigenvalue weighted by Gasteiger charge is 2.19. The van der Waals surface area contributed by atoms with Crippen molar-refractivity contribution in [2.75, 3.05) is 5.32 Å². The van der Waals surface area contributed by atoms with Gasteiger partial charge in [0.1, 0.15) is 27.3 Å². The summed E-state index contributed by atoms with van der Waals surface area (Å²) in [5, 5.41) is 15.7. The van der Waals surface area contributed by atoms with E-state index in [-0.39, 0.29) is 11.2 Å². The molecule has 4 aromatic rings. The minimum absolute atomic E-state index is 0.158. The Labute approximate surface area is 174 Å². The van der Waals surface area contributed by atoms with Crippen LogP contribution in [0.15, 0.2) is 59.2 Å². The van der Waals surface area contributed by atoms with E-state index in [1.165, 1.54) is 29.4 Å². The largest absolute Gasteiger partial charge is 0.316 e. The number of nitrogens with zero attached hydrogens (tertiary/aromatic N) is 3. The number of nitrogens with one attached hydrogen (secondary N) is 1. The standard InChI is InChI=1S/C20H14N4OS3/c1-12(17(25)24-18-14(10-21)7-8-26-18)27-19-15-9-16(13-5-3-2-4-6-13)28-20(15)23-11-22-19/h2-9,11-12H,1H3,(H,24,25)/t12-/m0/s1. The van der Waals surface area contributed by atoms with Gasteiger partial charge < -0.3 is 5.32 Å². The average Bonchev–Trinajstić information content (AvgIpc) is 3.35. The Morgan fingerprint density at radius 1 is 1.25 bits per heavy atom. The molecule has 8 heteroatoms. The van der Waals surface area contributed by atoms with Crippen LogP contribution in [-0.2, 0) is 4.79 Å². The van der Waals surface area contributed by atoms with Crippen LogP contribution in [0.4, 0.5) is 5.00 Å². The molecule has 0 aliphatic carbocycles. The summed E-state index contributed by atoms with van der Waals surface area (Å²) in [6.07, 6.45) is 1.54. The van der Waals surface area contributed by atoms with Crippen LogP contribution in [0, 0.1) is 11.3 Å². The number of carbonyl (C=O) groups is 1. The molecule has 0 saturated heterocycles. The fraction of sp³-hybridized carbons (Fsp3) is 0.100. The third kappa shape index (κ3) is 3.78. The van der Waals surface area contributed by atoms with E-state index in [1.54, 1.807) is 22.8 Å². The number of carbonyl (C=O) groups excluding carboxylic acids is 1. The Morgan fingerprint density at radius 2 is 2.07 bits per heavy atom. The Hall–Kier alpha value is -2.73. The minimum Gasteiger partial charge on any atom is -0.316 e. The van der Waals surface area contributed by atoms with Crippen molar-refractivity contribution in [2.24, 2.45) is 0 Å². The molecule has 0 aliphatic rings. The van der Waals surface area contributed by atoms with Crippen molar-refractivity contribution in [1.82, 2.24) is 9.97 Å². The molecule has 0 saturated carbocycles. The Kier molecular flexibility index (Phi) is 5.39. The molecule has 3 aromatic heterocycles. The van der Waals surface area contributed by atoms with E-state index >= 15 is 0 Å². The monoisotopic (exact) mass is 422 g/mol. The first-order valence-corrected chi connectivity index (χ1v) is 11.0. The van der Waals surface area contributed by atoms with Gasteiger partial charge in [0, 0.05) is 10.3 Å². The van der Waals surface area contributed by atoms with Crippen molar-refractivity contribution in [1.29, 1.82) is 5.26 Å². The van der Waals surface area contributed by atoms with Crippen molar-refractivity contribution in [3.05, 3.63) is 59.7 Å². The summed E-state index contributed by atoms with van der Waals surface area (Å²) in [5.74, 6) is -0.158. The van der Waals surface area contributed by atoms with Gasteiger partial charge in [0.25, 0.3) is 0 Å². The van der Waals surface area contributed by atoms with Crippen LogP contribution in [0.25, 0.3) is 20.7 Å². The molecule has 1 N–H and O–H groups in total. The fourth-order valence-electron chi connectivity index (χ4n) is 2.60. The summed E-state index contributed by atoms with van der Waals surface area (Å²) in [4.78, 5) is 23.4. The van der Waals surface area contributed by atoms with Crippen molar-refractivity contribution >= 4 is 55.6 Å². The fourth-order valence-corrected chi connectivity index (χ4v) is 5.30. The molecule has 0 spiro atoms. The van der Waals surface area contributed by atoms with Crippen LogP contribution in [0.1, 0.15) is 12.5 Å². The van der Waals surface area contributed by atoms with E-state index < -0.39 is 0 Å². The average molecular weight is 423 g/mol. The number of nitriles is 1. The van der Waals surface area contributed by atoms with Crippen molar-refractivity contribution in [3.8, 4) is 16.5 Å². The molecule has 1 aromatic carbocycles. The number of rotatable bonds is 5. The predicted molar refractivity (Wildman–Crippen MR) is 116 cm³/mol. The van der Waals surface area contributed by atoms with Crippen LogP contribution < -0.4 is 5.32 Å². The zero-order chi connectivity index (χ0) is 19.5. The smallest absolute Gasteiger partial charge is 0.238 e. The lowest BCUT2D eigenvalue weighted by molar-refractivity contribution is -0.115. The molecule has 138 valence electrons. The summed E-state index contributed by atoms with van der Waals surface area (Å²) in [6.45, 7) is 1.83. The van der Waals surface area contributed by atoms with Crippen molar-refractivity contribution in [3.63, 3.8) is 0 Å². The highest BCUT2D eigenvalue weighted by atomic mass is 32.2. The van der Waals surface area contributed by atoms with Gasteiger partial charge in [0.05, 0.1) is 10.8 Å². The highest BCUT2D eigenvalue weighted by Crippen LogP contribution is 2.37. The summed E-state index contributed by atoms with van der Waals surface area (Å²) < 4.78 is 0. The minimum atomic E-state index is -0.369. The maximum Gasteiger partial charge on any atom is 0.238 e. The van der Waals surface area contributed by atoms with E-state index in [9.17, 15) is 4.79 Å². The molecule has 5 nitrogen and oxygen atoms in total. The lowest BCUT2D eigenvalue weighted by atomic mass is 10.2. The van der Waals surface area contributed by atoms with Crippen LogP contribution in [-0.4, -0.2) is 21.1 Å². The predicted octanol–water partition coefficient (Wildman–Crippen LogP) is 5.41. The van der Waals surface area contributed by atoms with Crippen LogP contribution in [0.3, 0.4) is 0 Å². The summed E-state index contributed by atoms with van der Waals surface area (Å²) in [7, 11) is 0. The molecule has 1 amide bonds. The van der Waals surface area contributed by atoms with Crippen LogP contribution in [0.2, 0.25) is 0 Å². The zero-order valence-electron chi connectivity index (χ0n) is 14.7. The zero-order valence-corrected chi connectivity index (χ0v) is 17.2. The molecule has 0 bridgehead atoms. The van der Waals surface area contributed by atoms with E-state index in [2.05, 4.69) is 39.6 Å². The van der Waals surface area contributed by atoms with Gasteiger partial charge in [-0.1, -0.05) is 42.1 Å². The number of thiophene rings is 2. The summed E-state index contributed by atoms with van der Waals surface area (Å²) >= 11 is 4.34. The van der Waals surface area contributed by atoms with Gasteiger partial charge in [-0.05, 0) is 30.0 Å². The molecule has 4 rings (SSSR count). The van der Waals surface area contributed by atoms with Gasteiger partial charge in [0.2, 0.25) is 5.91 Å². The Morgan fingerprint density at radius 3 is 2.86 bits per heavy atom. The number of hydrogen-bond donors (Lipinski definition) is 1. The Bertz CT molecular complexity index is 1180. The molecule has 0 radical (unpaired) electrons. The number of hydrogen-bond acceptors (Lipinski definition) is 7. The third-order valence-electron chi connectivity index (χ3n) is 4.03. The molecule has 3 heterocycles. The quantitative estimate of drug-likeness (QED) is 0.344. The van der Waals surface area contributed by atoms with Gasteiger partial charge in [-0.2, -0.15) is 5.26 Å². The first-order valence-electron chi connectivity index (χ1n) is 8.41. The van der Waals surface area contributed by atoms with E-state index in [0.29, 0.717) is 10.6 Å². The highest BCUT2D eigenvalue weighted by molar-refractivity contribution is 8.00. The van der Waals surface area contributed by atoms with Gasteiger partial charge in [-0.25, -0.2) is 9.97 Å². The number of amides is 1. The molecule has 1 atom stereocenters. The third-order valence-corrected chi connectivity index (χ3v) is 7.07. The van der Waals surface area contributed by atoms with Gasteiger partial charge in [-0.3, -0.25) is 4.79 Å².